The molecule has 1 heterocycles. The van der Waals surface area contributed by atoms with Crippen molar-refractivity contribution in [3.63, 3.8) is 0 Å². The third-order valence-electron chi connectivity index (χ3n) is 4.00. The smallest absolute Gasteiger partial charge is 0.240 e. The number of hydrogen-bond acceptors (Lipinski definition) is 5. The quantitative estimate of drug-likeness (QED) is 0.624. The van der Waals surface area contributed by atoms with Gasteiger partial charge in [0.05, 0.1) is 10.9 Å². The van der Waals surface area contributed by atoms with Crippen molar-refractivity contribution in [2.45, 2.75) is 31.2 Å². The maximum absolute atomic E-state index is 12.9. The molecule has 1 atom stereocenters. The maximum atomic E-state index is 12.9. The molecule has 0 fully saturated rings. The van der Waals surface area contributed by atoms with Crippen molar-refractivity contribution >= 4 is 23.4 Å². The highest BCUT2D eigenvalue weighted by atomic mass is 32.2. The van der Waals surface area contributed by atoms with E-state index in [0.29, 0.717) is 11.7 Å². The summed E-state index contributed by atoms with van der Waals surface area (Å²) in [5.74, 6) is 0.0298. The zero-order valence-corrected chi connectivity index (χ0v) is 15.8. The highest BCUT2D eigenvalue weighted by Gasteiger charge is 2.24. The number of nitrogens with zero attached hydrogens (tertiary/aromatic N) is 5. The minimum atomic E-state index is -0.314. The number of carbonyl (C=O) groups excluding carboxylic acids is 1. The van der Waals surface area contributed by atoms with Gasteiger partial charge in [0.2, 0.25) is 11.1 Å². The Balaban J connectivity index is 1.78. The monoisotopic (exact) mass is 367 g/mol. The van der Waals surface area contributed by atoms with E-state index >= 15 is 0 Å². The third-order valence-corrected chi connectivity index (χ3v) is 5.02. The summed E-state index contributed by atoms with van der Waals surface area (Å²) in [7, 11) is 0. The molecular weight excluding hydrogens is 346 g/mol. The van der Waals surface area contributed by atoms with Gasteiger partial charge in [0.15, 0.2) is 0 Å². The van der Waals surface area contributed by atoms with Crippen LogP contribution < -0.4 is 4.90 Å². The molecule has 134 valence electrons. The van der Waals surface area contributed by atoms with Crippen molar-refractivity contribution in [2.75, 3.05) is 11.4 Å². The number of tetrazole rings is 1. The van der Waals surface area contributed by atoms with Crippen molar-refractivity contribution in [3.8, 4) is 5.69 Å². The second kappa shape index (κ2) is 8.14. The van der Waals surface area contributed by atoms with Gasteiger partial charge in [0, 0.05) is 12.2 Å². The highest BCUT2D eigenvalue weighted by Crippen LogP contribution is 2.26. The van der Waals surface area contributed by atoms with E-state index in [1.54, 1.807) is 9.58 Å². The van der Waals surface area contributed by atoms with Gasteiger partial charge in [-0.1, -0.05) is 47.7 Å². The molecule has 7 heteroatoms. The lowest BCUT2D eigenvalue weighted by Gasteiger charge is -2.24. The number of hydrogen-bond donors (Lipinski definition) is 0. The summed E-state index contributed by atoms with van der Waals surface area (Å²) in [4.78, 5) is 14.7. The van der Waals surface area contributed by atoms with E-state index in [1.807, 2.05) is 75.4 Å². The van der Waals surface area contributed by atoms with Crippen molar-refractivity contribution in [1.82, 2.24) is 20.2 Å². The lowest BCUT2D eigenvalue weighted by molar-refractivity contribution is -0.117. The Labute approximate surface area is 157 Å². The molecule has 0 aliphatic heterocycles. The Kier molecular flexibility index (Phi) is 5.68. The van der Waals surface area contributed by atoms with Crippen LogP contribution in [0.3, 0.4) is 0 Å². The van der Waals surface area contributed by atoms with Gasteiger partial charge in [-0.15, -0.1) is 5.10 Å². The Morgan fingerprint density at radius 2 is 1.85 bits per heavy atom. The second-order valence-electron chi connectivity index (χ2n) is 5.89. The van der Waals surface area contributed by atoms with Crippen molar-refractivity contribution in [2.24, 2.45) is 0 Å². The summed E-state index contributed by atoms with van der Waals surface area (Å²) in [6.45, 7) is 6.49. The van der Waals surface area contributed by atoms with Gasteiger partial charge >= 0.3 is 0 Å². The van der Waals surface area contributed by atoms with Crippen LogP contribution in [0.4, 0.5) is 5.69 Å². The predicted octanol–water partition coefficient (Wildman–Crippen LogP) is 3.50. The van der Waals surface area contributed by atoms with Gasteiger partial charge in [-0.3, -0.25) is 4.79 Å². The summed E-state index contributed by atoms with van der Waals surface area (Å²) in [6.07, 6.45) is 0. The lowest BCUT2D eigenvalue weighted by Crippen LogP contribution is -2.36. The molecule has 0 aliphatic rings. The normalized spacial score (nSPS) is 12.0. The lowest BCUT2D eigenvalue weighted by atomic mass is 10.2. The average Bonchev–Trinajstić information content (AvgIpc) is 3.12. The van der Waals surface area contributed by atoms with Gasteiger partial charge in [-0.05, 0) is 55.5 Å². The Morgan fingerprint density at radius 1 is 1.15 bits per heavy atom. The molecule has 2 aromatic carbocycles. The van der Waals surface area contributed by atoms with E-state index in [9.17, 15) is 4.79 Å². The molecule has 1 unspecified atom stereocenters. The van der Waals surface area contributed by atoms with Gasteiger partial charge in [0.1, 0.15) is 0 Å². The molecule has 0 aliphatic carbocycles. The highest BCUT2D eigenvalue weighted by molar-refractivity contribution is 8.00. The number of amides is 1. The Hall–Kier alpha value is -2.67. The van der Waals surface area contributed by atoms with Crippen molar-refractivity contribution in [1.29, 1.82) is 0 Å². The number of aromatic nitrogens is 4. The van der Waals surface area contributed by atoms with E-state index in [-0.39, 0.29) is 11.2 Å². The van der Waals surface area contributed by atoms with Crippen LogP contribution in [-0.2, 0) is 4.79 Å². The fraction of sp³-hybridized carbons (Fsp3) is 0.263. The molecule has 3 rings (SSSR count). The van der Waals surface area contributed by atoms with E-state index < -0.39 is 0 Å². The fourth-order valence-electron chi connectivity index (χ4n) is 2.60. The van der Waals surface area contributed by atoms with Crippen LogP contribution in [0.5, 0.6) is 0 Å². The second-order valence-corrected chi connectivity index (χ2v) is 7.19. The van der Waals surface area contributed by atoms with Crippen LogP contribution in [0.2, 0.25) is 0 Å². The first-order valence-electron chi connectivity index (χ1n) is 8.48. The number of rotatable bonds is 6. The summed E-state index contributed by atoms with van der Waals surface area (Å²) < 4.78 is 1.66. The predicted molar refractivity (Wildman–Crippen MR) is 104 cm³/mol. The first-order valence-corrected chi connectivity index (χ1v) is 9.36. The minimum Gasteiger partial charge on any atom is -0.312 e. The van der Waals surface area contributed by atoms with Gasteiger partial charge in [0.25, 0.3) is 0 Å². The molecule has 0 N–H and O–H groups in total. The van der Waals surface area contributed by atoms with E-state index in [0.717, 1.165) is 11.4 Å². The first kappa shape index (κ1) is 18.1. The standard InChI is InChI=1S/C19H21N5OS/c1-4-23(16-8-6-5-7-9-16)18(25)15(3)26-19-20-21-22-24(19)17-12-10-14(2)11-13-17/h5-13,15H,4H2,1-3H3. The van der Waals surface area contributed by atoms with Crippen LogP contribution in [0.1, 0.15) is 19.4 Å². The SMILES string of the molecule is CCN(C(=O)C(C)Sc1nnnn1-c1ccc(C)cc1)c1ccccc1. The number of aryl methyl sites for hydroxylation is 1. The van der Waals surface area contributed by atoms with Gasteiger partial charge < -0.3 is 4.90 Å². The van der Waals surface area contributed by atoms with E-state index in [2.05, 4.69) is 15.5 Å². The van der Waals surface area contributed by atoms with Crippen molar-refractivity contribution < 1.29 is 4.79 Å². The number of anilines is 1. The van der Waals surface area contributed by atoms with E-state index in [4.69, 9.17) is 0 Å². The zero-order chi connectivity index (χ0) is 18.5. The number of carbonyl (C=O) groups is 1. The van der Waals surface area contributed by atoms with Crippen molar-refractivity contribution in [3.05, 3.63) is 60.2 Å². The molecular formula is C19H21N5OS. The molecule has 3 aromatic rings. The average molecular weight is 367 g/mol. The number of thioether (sulfide) groups is 1. The third kappa shape index (κ3) is 3.94. The maximum Gasteiger partial charge on any atom is 0.240 e. The number of benzene rings is 2. The van der Waals surface area contributed by atoms with Crippen LogP contribution in [-0.4, -0.2) is 37.9 Å². The topological polar surface area (TPSA) is 63.9 Å². The summed E-state index contributed by atoms with van der Waals surface area (Å²) >= 11 is 1.36. The Morgan fingerprint density at radius 3 is 2.50 bits per heavy atom. The van der Waals surface area contributed by atoms with E-state index in [1.165, 1.54) is 17.3 Å². The fourth-order valence-corrected chi connectivity index (χ4v) is 3.47. The molecule has 0 saturated carbocycles. The molecule has 6 nitrogen and oxygen atoms in total. The molecule has 0 bridgehead atoms. The minimum absolute atomic E-state index is 0.0298. The molecule has 0 saturated heterocycles. The molecule has 0 spiro atoms. The summed E-state index contributed by atoms with van der Waals surface area (Å²) in [5, 5.41) is 12.2. The summed E-state index contributed by atoms with van der Waals surface area (Å²) in [5.41, 5.74) is 2.93. The zero-order valence-electron chi connectivity index (χ0n) is 15.0. The van der Waals surface area contributed by atoms with Crippen LogP contribution >= 0.6 is 11.8 Å². The largest absolute Gasteiger partial charge is 0.312 e. The van der Waals surface area contributed by atoms with Crippen LogP contribution in [0.25, 0.3) is 5.69 Å². The van der Waals surface area contributed by atoms with Gasteiger partial charge in [-0.25, -0.2) is 0 Å². The Bertz CT molecular complexity index is 863. The van der Waals surface area contributed by atoms with Crippen LogP contribution in [0, 0.1) is 6.92 Å². The van der Waals surface area contributed by atoms with Gasteiger partial charge in [-0.2, -0.15) is 4.68 Å². The first-order chi connectivity index (χ1) is 12.6. The molecule has 1 amide bonds. The molecule has 1 aromatic heterocycles. The van der Waals surface area contributed by atoms with Crippen LogP contribution in [0.15, 0.2) is 59.8 Å². The molecule has 0 radical (unpaired) electrons. The molecule has 26 heavy (non-hydrogen) atoms. The summed E-state index contributed by atoms with van der Waals surface area (Å²) in [6, 6.07) is 17.6. The number of para-hydroxylation sites is 1.